The zero-order chi connectivity index (χ0) is 17.1. The normalized spacial score (nSPS) is 15.4. The van der Waals surface area contributed by atoms with Gasteiger partial charge in [0.2, 0.25) is 5.91 Å². The molecule has 5 nitrogen and oxygen atoms in total. The maximum Gasteiger partial charge on any atom is 0.223 e. The average molecular weight is 334 g/mol. The van der Waals surface area contributed by atoms with Crippen LogP contribution in [0, 0.1) is 5.92 Å². The number of nitrogens with zero attached hydrogens (tertiary/aromatic N) is 2. The van der Waals surface area contributed by atoms with E-state index in [1.807, 2.05) is 24.5 Å². The molecule has 1 aliphatic heterocycles. The third-order valence-electron chi connectivity index (χ3n) is 4.84. The lowest BCUT2D eigenvalue weighted by atomic mass is 9.97. The maximum absolute atomic E-state index is 12.2. The summed E-state index contributed by atoms with van der Waals surface area (Å²) in [6.07, 6.45) is 3.70. The van der Waals surface area contributed by atoms with Crippen LogP contribution in [0.2, 0.25) is 0 Å². The lowest BCUT2D eigenvalue weighted by Gasteiger charge is -2.21. The Morgan fingerprint density at radius 2 is 1.88 bits per heavy atom. The first-order chi connectivity index (χ1) is 12.3. The fourth-order valence-electron chi connectivity index (χ4n) is 3.36. The van der Waals surface area contributed by atoms with Gasteiger partial charge < -0.3 is 10.6 Å². The first-order valence-electron chi connectivity index (χ1n) is 8.81. The van der Waals surface area contributed by atoms with Gasteiger partial charge in [-0.2, -0.15) is 0 Å². The van der Waals surface area contributed by atoms with Crippen molar-refractivity contribution < 1.29 is 4.79 Å². The van der Waals surface area contributed by atoms with Gasteiger partial charge in [0.1, 0.15) is 6.33 Å². The van der Waals surface area contributed by atoms with E-state index in [9.17, 15) is 4.79 Å². The minimum Gasteiger partial charge on any atom is -0.352 e. The lowest BCUT2D eigenvalue weighted by Crippen LogP contribution is -2.37. The van der Waals surface area contributed by atoms with E-state index in [4.69, 9.17) is 0 Å². The number of fused-ring (bicyclic) bond motifs is 1. The van der Waals surface area contributed by atoms with E-state index in [-0.39, 0.29) is 11.8 Å². The molecular weight excluding hydrogens is 312 g/mol. The number of carbonyl (C=O) groups excluding carboxylic acids is 1. The van der Waals surface area contributed by atoms with E-state index in [1.54, 1.807) is 0 Å². The van der Waals surface area contributed by atoms with Crippen LogP contribution in [0.4, 0.5) is 0 Å². The molecule has 0 bridgehead atoms. The van der Waals surface area contributed by atoms with E-state index in [0.29, 0.717) is 6.54 Å². The molecule has 0 saturated carbocycles. The third kappa shape index (κ3) is 3.42. The second kappa shape index (κ2) is 7.07. The number of nitrogens with one attached hydrogen (secondary N) is 2. The SMILES string of the molecule is O=C(NCc1ccc(-n2cnc3ccccc32)cc1)C1CCNCC1. The monoisotopic (exact) mass is 334 g/mol. The highest BCUT2D eigenvalue weighted by Gasteiger charge is 2.20. The van der Waals surface area contributed by atoms with Crippen LogP contribution in [0.25, 0.3) is 16.7 Å². The van der Waals surface area contributed by atoms with Crippen LogP contribution < -0.4 is 10.6 Å². The number of hydrogen-bond donors (Lipinski definition) is 2. The molecule has 0 radical (unpaired) electrons. The van der Waals surface area contributed by atoms with E-state index in [1.165, 1.54) is 0 Å². The number of amides is 1. The molecule has 0 aliphatic carbocycles. The number of carbonyl (C=O) groups is 1. The van der Waals surface area contributed by atoms with Crippen molar-refractivity contribution in [1.29, 1.82) is 0 Å². The molecule has 5 heteroatoms. The Hall–Kier alpha value is -2.66. The van der Waals surface area contributed by atoms with Crippen molar-refractivity contribution in [3.05, 3.63) is 60.4 Å². The Bertz CT molecular complexity index is 863. The summed E-state index contributed by atoms with van der Waals surface area (Å²) in [5, 5.41) is 6.35. The van der Waals surface area contributed by atoms with Crippen LogP contribution in [0.3, 0.4) is 0 Å². The Kier molecular flexibility index (Phi) is 4.48. The topological polar surface area (TPSA) is 59.0 Å². The molecular formula is C20H22N4O. The zero-order valence-electron chi connectivity index (χ0n) is 14.1. The highest BCUT2D eigenvalue weighted by molar-refractivity contribution is 5.79. The summed E-state index contributed by atoms with van der Waals surface area (Å²) in [6.45, 7) is 2.45. The van der Waals surface area contributed by atoms with Crippen molar-refractivity contribution in [1.82, 2.24) is 20.2 Å². The molecule has 2 N–H and O–H groups in total. The third-order valence-corrected chi connectivity index (χ3v) is 4.84. The smallest absolute Gasteiger partial charge is 0.223 e. The molecule has 2 heterocycles. The van der Waals surface area contributed by atoms with Crippen molar-refractivity contribution in [3.63, 3.8) is 0 Å². The van der Waals surface area contributed by atoms with Gasteiger partial charge in [-0.25, -0.2) is 4.98 Å². The molecule has 1 aromatic heterocycles. The molecule has 1 saturated heterocycles. The summed E-state index contributed by atoms with van der Waals surface area (Å²) >= 11 is 0. The molecule has 3 aromatic rings. The number of para-hydroxylation sites is 2. The van der Waals surface area contributed by atoms with Crippen LogP contribution in [-0.2, 0) is 11.3 Å². The molecule has 0 unspecified atom stereocenters. The zero-order valence-corrected chi connectivity index (χ0v) is 14.1. The standard InChI is InChI=1S/C20H22N4O/c25-20(16-9-11-21-12-10-16)22-13-15-5-7-17(8-6-15)24-14-23-18-3-1-2-4-19(18)24/h1-8,14,16,21H,9-13H2,(H,22,25). The van der Waals surface area contributed by atoms with Crippen molar-refractivity contribution >= 4 is 16.9 Å². The quantitative estimate of drug-likeness (QED) is 0.771. The van der Waals surface area contributed by atoms with Crippen molar-refractivity contribution in [3.8, 4) is 5.69 Å². The molecule has 25 heavy (non-hydrogen) atoms. The van der Waals surface area contributed by atoms with Gasteiger partial charge in [-0.3, -0.25) is 9.36 Å². The summed E-state index contributed by atoms with van der Waals surface area (Å²) in [4.78, 5) is 16.6. The van der Waals surface area contributed by atoms with Gasteiger partial charge in [-0.05, 0) is 55.8 Å². The first-order valence-corrected chi connectivity index (χ1v) is 8.81. The van der Waals surface area contributed by atoms with Crippen LogP contribution >= 0.6 is 0 Å². The van der Waals surface area contributed by atoms with Gasteiger partial charge >= 0.3 is 0 Å². The van der Waals surface area contributed by atoms with Crippen molar-refractivity contribution in [2.75, 3.05) is 13.1 Å². The molecule has 1 fully saturated rings. The Morgan fingerprint density at radius 3 is 2.68 bits per heavy atom. The number of imidazole rings is 1. The van der Waals surface area contributed by atoms with Gasteiger partial charge in [-0.1, -0.05) is 24.3 Å². The van der Waals surface area contributed by atoms with Gasteiger partial charge in [0.25, 0.3) is 0 Å². The highest BCUT2D eigenvalue weighted by Crippen LogP contribution is 2.18. The van der Waals surface area contributed by atoms with E-state index in [0.717, 1.165) is 48.2 Å². The molecule has 2 aromatic carbocycles. The number of piperidine rings is 1. The maximum atomic E-state index is 12.2. The Balaban J connectivity index is 1.42. The van der Waals surface area contributed by atoms with Gasteiger partial charge in [-0.15, -0.1) is 0 Å². The molecule has 128 valence electrons. The highest BCUT2D eigenvalue weighted by atomic mass is 16.1. The molecule has 0 atom stereocenters. The lowest BCUT2D eigenvalue weighted by molar-refractivity contribution is -0.125. The number of hydrogen-bond acceptors (Lipinski definition) is 3. The molecule has 0 spiro atoms. The van der Waals surface area contributed by atoms with Crippen LogP contribution in [0.5, 0.6) is 0 Å². The Morgan fingerprint density at radius 1 is 1.12 bits per heavy atom. The van der Waals surface area contributed by atoms with Crippen LogP contribution in [0.15, 0.2) is 54.9 Å². The summed E-state index contributed by atoms with van der Waals surface area (Å²) in [5.41, 5.74) is 4.26. The van der Waals surface area contributed by atoms with Crippen molar-refractivity contribution in [2.24, 2.45) is 5.92 Å². The number of aromatic nitrogens is 2. The van der Waals surface area contributed by atoms with E-state index in [2.05, 4.69) is 50.5 Å². The second-order valence-corrected chi connectivity index (χ2v) is 6.51. The predicted molar refractivity (Wildman–Crippen MR) is 98.5 cm³/mol. The second-order valence-electron chi connectivity index (χ2n) is 6.51. The van der Waals surface area contributed by atoms with E-state index < -0.39 is 0 Å². The fraction of sp³-hybridized carbons (Fsp3) is 0.300. The Labute approximate surface area is 147 Å². The van der Waals surface area contributed by atoms with Gasteiger partial charge in [0.15, 0.2) is 0 Å². The number of rotatable bonds is 4. The molecule has 4 rings (SSSR count). The molecule has 1 amide bonds. The van der Waals surface area contributed by atoms with Crippen LogP contribution in [-0.4, -0.2) is 28.5 Å². The van der Waals surface area contributed by atoms with E-state index >= 15 is 0 Å². The molecule has 1 aliphatic rings. The van der Waals surface area contributed by atoms with Crippen molar-refractivity contribution in [2.45, 2.75) is 19.4 Å². The fourth-order valence-corrected chi connectivity index (χ4v) is 3.36. The predicted octanol–water partition coefficient (Wildman–Crippen LogP) is 2.64. The summed E-state index contributed by atoms with van der Waals surface area (Å²) < 4.78 is 2.08. The average Bonchev–Trinajstić information content (AvgIpc) is 3.11. The summed E-state index contributed by atoms with van der Waals surface area (Å²) in [5.74, 6) is 0.323. The van der Waals surface area contributed by atoms with Crippen LogP contribution in [0.1, 0.15) is 18.4 Å². The first kappa shape index (κ1) is 15.8. The number of benzene rings is 2. The minimum atomic E-state index is 0.151. The summed E-state index contributed by atoms with van der Waals surface area (Å²) in [6, 6.07) is 16.4. The van der Waals surface area contributed by atoms with Gasteiger partial charge in [0, 0.05) is 18.2 Å². The van der Waals surface area contributed by atoms with Gasteiger partial charge in [0.05, 0.1) is 11.0 Å². The summed E-state index contributed by atoms with van der Waals surface area (Å²) in [7, 11) is 0. The minimum absolute atomic E-state index is 0.151. The largest absolute Gasteiger partial charge is 0.352 e.